The SMILES string of the molecule is C[n+]1ccn(-c2c(-c3ccccc3)c[nH]c2-c2ccc([N+](=O)[O-])cc2)c1. The second-order valence-corrected chi connectivity index (χ2v) is 6.08. The molecule has 2 aromatic heterocycles. The van der Waals surface area contributed by atoms with Crippen molar-refractivity contribution >= 4 is 5.69 Å². The first-order chi connectivity index (χ1) is 12.6. The molecule has 6 nitrogen and oxygen atoms in total. The lowest BCUT2D eigenvalue weighted by atomic mass is 10.0. The summed E-state index contributed by atoms with van der Waals surface area (Å²) in [6, 6.07) is 16.7. The molecular formula is C20H17N4O2+. The number of aromatic amines is 1. The number of aryl methyl sites for hydroxylation is 1. The van der Waals surface area contributed by atoms with Crippen LogP contribution in [-0.4, -0.2) is 14.5 Å². The highest BCUT2D eigenvalue weighted by atomic mass is 16.6. The van der Waals surface area contributed by atoms with Gasteiger partial charge in [-0.2, -0.15) is 4.57 Å². The number of nitrogens with zero attached hydrogens (tertiary/aromatic N) is 3. The number of H-pyrrole nitrogens is 1. The van der Waals surface area contributed by atoms with Crippen molar-refractivity contribution in [3.63, 3.8) is 0 Å². The number of non-ortho nitro benzene ring substituents is 1. The van der Waals surface area contributed by atoms with Gasteiger partial charge in [0, 0.05) is 29.5 Å². The summed E-state index contributed by atoms with van der Waals surface area (Å²) in [7, 11) is 1.97. The van der Waals surface area contributed by atoms with Crippen LogP contribution in [0.25, 0.3) is 28.1 Å². The van der Waals surface area contributed by atoms with E-state index in [0.717, 1.165) is 28.1 Å². The van der Waals surface area contributed by atoms with Gasteiger partial charge < -0.3 is 4.98 Å². The summed E-state index contributed by atoms with van der Waals surface area (Å²) in [4.78, 5) is 13.9. The highest BCUT2D eigenvalue weighted by Gasteiger charge is 2.21. The van der Waals surface area contributed by atoms with Crippen molar-refractivity contribution in [2.24, 2.45) is 7.05 Å². The minimum atomic E-state index is -0.388. The molecule has 0 radical (unpaired) electrons. The van der Waals surface area contributed by atoms with Gasteiger partial charge in [0.15, 0.2) is 5.69 Å². The number of nitrogens with one attached hydrogen (secondary N) is 1. The molecule has 0 bridgehead atoms. The Morgan fingerprint density at radius 2 is 1.77 bits per heavy atom. The largest absolute Gasteiger partial charge is 0.357 e. The van der Waals surface area contributed by atoms with Crippen molar-refractivity contribution in [2.75, 3.05) is 0 Å². The Hall–Kier alpha value is -3.67. The number of aromatic nitrogens is 3. The van der Waals surface area contributed by atoms with Crippen molar-refractivity contribution in [2.45, 2.75) is 0 Å². The lowest BCUT2D eigenvalue weighted by Crippen LogP contribution is -2.23. The summed E-state index contributed by atoms with van der Waals surface area (Å²) in [6.45, 7) is 0. The number of hydrogen-bond acceptors (Lipinski definition) is 2. The van der Waals surface area contributed by atoms with E-state index < -0.39 is 0 Å². The van der Waals surface area contributed by atoms with Gasteiger partial charge in [-0.05, 0) is 17.7 Å². The fourth-order valence-electron chi connectivity index (χ4n) is 3.07. The maximum atomic E-state index is 10.9. The fourth-order valence-corrected chi connectivity index (χ4v) is 3.07. The standard InChI is InChI=1S/C20H17N4O2/c1-22-11-12-23(14-22)20-18(15-5-3-2-4-6-15)13-21-19(20)16-7-9-17(10-8-16)24(25)26/h2-14,21H,1H3/q+1. The Morgan fingerprint density at radius 1 is 1.04 bits per heavy atom. The van der Waals surface area contributed by atoms with Crippen LogP contribution in [0.2, 0.25) is 0 Å². The fraction of sp³-hybridized carbons (Fsp3) is 0.0500. The quantitative estimate of drug-likeness (QED) is 0.346. The third-order valence-electron chi connectivity index (χ3n) is 4.33. The molecule has 0 saturated carbocycles. The van der Waals surface area contributed by atoms with E-state index >= 15 is 0 Å². The molecule has 0 amide bonds. The van der Waals surface area contributed by atoms with Gasteiger partial charge >= 0.3 is 0 Å². The van der Waals surface area contributed by atoms with Crippen LogP contribution in [-0.2, 0) is 7.05 Å². The van der Waals surface area contributed by atoms with E-state index in [1.165, 1.54) is 12.1 Å². The van der Waals surface area contributed by atoms with Crippen LogP contribution >= 0.6 is 0 Å². The van der Waals surface area contributed by atoms with Crippen LogP contribution in [0.4, 0.5) is 5.69 Å². The molecule has 0 spiro atoms. The molecule has 128 valence electrons. The van der Waals surface area contributed by atoms with Crippen LogP contribution in [0.5, 0.6) is 0 Å². The zero-order valence-electron chi connectivity index (χ0n) is 14.2. The summed E-state index contributed by atoms with van der Waals surface area (Å²) in [6.07, 6.45) is 7.93. The van der Waals surface area contributed by atoms with Gasteiger partial charge in [0.25, 0.3) is 5.69 Å². The highest BCUT2D eigenvalue weighted by molar-refractivity contribution is 5.84. The smallest absolute Gasteiger partial charge is 0.269 e. The molecule has 2 aromatic carbocycles. The van der Waals surface area contributed by atoms with Gasteiger partial charge in [0.05, 0.1) is 17.7 Å². The summed E-state index contributed by atoms with van der Waals surface area (Å²) in [5.41, 5.74) is 5.06. The van der Waals surface area contributed by atoms with Crippen LogP contribution in [0.15, 0.2) is 79.5 Å². The second kappa shape index (κ2) is 6.33. The Labute approximate surface area is 150 Å². The predicted octanol–water partition coefficient (Wildman–Crippen LogP) is 3.87. The summed E-state index contributed by atoms with van der Waals surface area (Å²) < 4.78 is 4.02. The highest BCUT2D eigenvalue weighted by Crippen LogP contribution is 2.35. The van der Waals surface area contributed by atoms with Crippen molar-refractivity contribution in [3.8, 4) is 28.1 Å². The number of benzene rings is 2. The summed E-state index contributed by atoms with van der Waals surface area (Å²) >= 11 is 0. The van der Waals surface area contributed by atoms with Crippen molar-refractivity contribution < 1.29 is 9.49 Å². The van der Waals surface area contributed by atoms with Crippen molar-refractivity contribution in [1.82, 2.24) is 9.55 Å². The molecule has 0 saturated heterocycles. The summed E-state index contributed by atoms with van der Waals surface area (Å²) in [5, 5.41) is 10.9. The lowest BCUT2D eigenvalue weighted by Gasteiger charge is -2.05. The first-order valence-corrected chi connectivity index (χ1v) is 8.19. The van der Waals surface area contributed by atoms with Crippen LogP contribution in [0, 0.1) is 10.1 Å². The molecule has 0 fully saturated rings. The van der Waals surface area contributed by atoms with Gasteiger partial charge in [0.1, 0.15) is 12.4 Å². The molecule has 2 heterocycles. The number of imidazole rings is 1. The number of nitro groups is 1. The zero-order chi connectivity index (χ0) is 18.1. The first-order valence-electron chi connectivity index (χ1n) is 8.19. The molecule has 4 rings (SSSR count). The predicted molar refractivity (Wildman–Crippen MR) is 98.8 cm³/mol. The maximum Gasteiger partial charge on any atom is 0.269 e. The van der Waals surface area contributed by atoms with E-state index in [0.29, 0.717) is 0 Å². The minimum absolute atomic E-state index is 0.0810. The van der Waals surface area contributed by atoms with E-state index in [9.17, 15) is 10.1 Å². The maximum absolute atomic E-state index is 10.9. The first kappa shape index (κ1) is 15.8. The van der Waals surface area contributed by atoms with E-state index in [1.54, 1.807) is 12.1 Å². The second-order valence-electron chi connectivity index (χ2n) is 6.08. The lowest BCUT2D eigenvalue weighted by molar-refractivity contribution is -0.670. The van der Waals surface area contributed by atoms with Crippen molar-refractivity contribution in [1.29, 1.82) is 0 Å². The van der Waals surface area contributed by atoms with E-state index in [1.807, 2.05) is 54.7 Å². The zero-order valence-corrected chi connectivity index (χ0v) is 14.2. The minimum Gasteiger partial charge on any atom is -0.357 e. The normalized spacial score (nSPS) is 10.8. The molecule has 0 unspecified atom stereocenters. The van der Waals surface area contributed by atoms with Gasteiger partial charge in [-0.1, -0.05) is 30.3 Å². The third-order valence-corrected chi connectivity index (χ3v) is 4.33. The van der Waals surface area contributed by atoms with E-state index in [-0.39, 0.29) is 10.6 Å². The molecule has 26 heavy (non-hydrogen) atoms. The molecule has 0 atom stereocenters. The van der Waals surface area contributed by atoms with Gasteiger partial charge in [-0.25, -0.2) is 4.57 Å². The van der Waals surface area contributed by atoms with E-state index in [4.69, 9.17) is 0 Å². The Bertz CT molecular complexity index is 1060. The molecule has 0 aliphatic heterocycles. The Kier molecular flexibility index (Phi) is 3.85. The van der Waals surface area contributed by atoms with E-state index in [2.05, 4.69) is 21.7 Å². The molecule has 4 aromatic rings. The van der Waals surface area contributed by atoms with Crippen molar-refractivity contribution in [3.05, 3.63) is 89.6 Å². The van der Waals surface area contributed by atoms with Gasteiger partial charge in [-0.3, -0.25) is 10.1 Å². The topological polar surface area (TPSA) is 67.7 Å². The summed E-state index contributed by atoms with van der Waals surface area (Å²) in [5.74, 6) is 0. The molecule has 0 aliphatic carbocycles. The van der Waals surface area contributed by atoms with Gasteiger partial charge in [-0.15, -0.1) is 0 Å². The number of nitro benzene ring substituents is 1. The number of hydrogen-bond donors (Lipinski definition) is 1. The molecule has 0 aliphatic rings. The Morgan fingerprint density at radius 3 is 2.38 bits per heavy atom. The number of rotatable bonds is 4. The average Bonchev–Trinajstić information content (AvgIpc) is 3.28. The van der Waals surface area contributed by atoms with Crippen LogP contribution < -0.4 is 4.57 Å². The monoisotopic (exact) mass is 345 g/mol. The molecular weight excluding hydrogens is 328 g/mol. The third kappa shape index (κ3) is 2.77. The average molecular weight is 345 g/mol. The molecule has 6 heteroatoms. The van der Waals surface area contributed by atoms with Crippen LogP contribution in [0.1, 0.15) is 0 Å². The molecule has 1 N–H and O–H groups in total. The van der Waals surface area contributed by atoms with Crippen LogP contribution in [0.3, 0.4) is 0 Å². The van der Waals surface area contributed by atoms with Gasteiger partial charge in [0.2, 0.25) is 6.33 Å². The Balaban J connectivity index is 1.90.